The summed E-state index contributed by atoms with van der Waals surface area (Å²) in [5.41, 5.74) is 5.59. The second kappa shape index (κ2) is 4.99. The number of carboxylic acid groups (broad SMARTS) is 1. The molecule has 0 fully saturated rings. The van der Waals surface area contributed by atoms with Gasteiger partial charge in [-0.1, -0.05) is 11.8 Å². The minimum absolute atomic E-state index is 0.000637. The molecular formula is C10H11N3O2S2. The van der Waals surface area contributed by atoms with E-state index >= 15 is 0 Å². The van der Waals surface area contributed by atoms with Gasteiger partial charge in [0.25, 0.3) is 0 Å². The molecule has 0 unspecified atom stereocenters. The number of carboxylic acids is 1. The molecule has 5 nitrogen and oxygen atoms in total. The normalized spacial score (nSPS) is 10.9. The van der Waals surface area contributed by atoms with Gasteiger partial charge in [0.1, 0.15) is 15.7 Å². The van der Waals surface area contributed by atoms with Crippen molar-refractivity contribution in [2.45, 2.75) is 18.5 Å². The van der Waals surface area contributed by atoms with Crippen LogP contribution in [0.4, 0.5) is 0 Å². The number of hydrogen-bond donors (Lipinski definition) is 2. The second-order valence-electron chi connectivity index (χ2n) is 3.39. The predicted molar refractivity (Wildman–Crippen MR) is 68.4 cm³/mol. The summed E-state index contributed by atoms with van der Waals surface area (Å²) in [7, 11) is 0. The molecule has 2 aromatic rings. The quantitative estimate of drug-likeness (QED) is 0.648. The summed E-state index contributed by atoms with van der Waals surface area (Å²) in [5, 5.41) is 10.3. The lowest BCUT2D eigenvalue weighted by molar-refractivity contribution is -0.133. The van der Waals surface area contributed by atoms with Crippen molar-refractivity contribution in [3.8, 4) is 0 Å². The molecule has 0 aliphatic heterocycles. The maximum absolute atomic E-state index is 10.6. The summed E-state index contributed by atoms with van der Waals surface area (Å²) >= 11 is 2.73. The van der Waals surface area contributed by atoms with Crippen molar-refractivity contribution in [3.05, 3.63) is 16.8 Å². The van der Waals surface area contributed by atoms with Crippen molar-refractivity contribution < 1.29 is 9.90 Å². The van der Waals surface area contributed by atoms with Crippen LogP contribution in [0.2, 0.25) is 0 Å². The Kier molecular flexibility index (Phi) is 3.60. The third kappa shape index (κ3) is 2.74. The Labute approximate surface area is 106 Å². The molecule has 0 aromatic carbocycles. The fourth-order valence-electron chi connectivity index (χ4n) is 1.39. The van der Waals surface area contributed by atoms with Crippen LogP contribution in [0, 0.1) is 6.92 Å². The highest BCUT2D eigenvalue weighted by Gasteiger charge is 2.11. The highest BCUT2D eigenvalue weighted by molar-refractivity contribution is 8.00. The summed E-state index contributed by atoms with van der Waals surface area (Å²) in [6.07, 6.45) is 0. The van der Waals surface area contributed by atoms with Gasteiger partial charge < -0.3 is 10.8 Å². The fraction of sp³-hybridized carbons (Fsp3) is 0.300. The Morgan fingerprint density at radius 3 is 3.00 bits per heavy atom. The van der Waals surface area contributed by atoms with Crippen LogP contribution in [0.15, 0.2) is 11.1 Å². The number of carbonyl (C=O) groups is 1. The number of aryl methyl sites for hydroxylation is 1. The average molecular weight is 269 g/mol. The van der Waals surface area contributed by atoms with Gasteiger partial charge in [0.15, 0.2) is 0 Å². The molecular weight excluding hydrogens is 258 g/mol. The van der Waals surface area contributed by atoms with Crippen LogP contribution in [0.25, 0.3) is 10.2 Å². The first-order chi connectivity index (χ1) is 8.10. The molecule has 90 valence electrons. The number of aliphatic carboxylic acids is 1. The molecule has 7 heteroatoms. The first-order valence-corrected chi connectivity index (χ1v) is 6.72. The lowest BCUT2D eigenvalue weighted by atomic mass is 10.3. The van der Waals surface area contributed by atoms with E-state index in [1.807, 2.05) is 6.07 Å². The third-order valence-electron chi connectivity index (χ3n) is 2.05. The van der Waals surface area contributed by atoms with Gasteiger partial charge in [-0.15, -0.1) is 11.3 Å². The molecule has 2 aromatic heterocycles. The van der Waals surface area contributed by atoms with Crippen LogP contribution in [0.5, 0.6) is 0 Å². The number of thiophene rings is 1. The van der Waals surface area contributed by atoms with Gasteiger partial charge in [-0.2, -0.15) is 0 Å². The summed E-state index contributed by atoms with van der Waals surface area (Å²) in [6.45, 7) is 2.26. The molecule has 0 amide bonds. The molecule has 0 saturated carbocycles. The number of hydrogen-bond acceptors (Lipinski definition) is 6. The number of fused-ring (bicyclic) bond motifs is 1. The van der Waals surface area contributed by atoms with E-state index in [2.05, 4.69) is 9.97 Å². The monoisotopic (exact) mass is 269 g/mol. The lowest BCUT2D eigenvalue weighted by Gasteiger charge is -2.01. The van der Waals surface area contributed by atoms with Crippen LogP contribution < -0.4 is 5.73 Å². The minimum atomic E-state index is -0.853. The molecule has 0 saturated heterocycles. The molecule has 0 aliphatic carbocycles. The zero-order valence-electron chi connectivity index (χ0n) is 9.14. The van der Waals surface area contributed by atoms with E-state index in [0.717, 1.165) is 15.1 Å². The van der Waals surface area contributed by atoms with E-state index in [1.165, 1.54) is 23.1 Å². The molecule has 0 bridgehead atoms. The third-order valence-corrected chi connectivity index (χ3v) is 4.08. The number of aromatic nitrogens is 2. The number of rotatable bonds is 4. The van der Waals surface area contributed by atoms with Gasteiger partial charge in [-0.25, -0.2) is 9.97 Å². The standard InChI is InChI=1S/C10H11N3O2S2/c1-5-12-9(16-4-8(14)15)7-2-6(3-11)17-10(7)13-5/h2H,3-4,11H2,1H3,(H,14,15). The predicted octanol–water partition coefficient (Wildman–Crippen LogP) is 1.64. The molecule has 17 heavy (non-hydrogen) atoms. The van der Waals surface area contributed by atoms with E-state index in [0.29, 0.717) is 17.4 Å². The van der Waals surface area contributed by atoms with E-state index in [1.54, 1.807) is 6.92 Å². The molecule has 2 heterocycles. The van der Waals surface area contributed by atoms with Crippen LogP contribution in [0.1, 0.15) is 10.7 Å². The van der Waals surface area contributed by atoms with Crippen molar-refractivity contribution in [3.63, 3.8) is 0 Å². The van der Waals surface area contributed by atoms with Crippen molar-refractivity contribution in [1.82, 2.24) is 9.97 Å². The molecule has 0 spiro atoms. The first-order valence-electron chi connectivity index (χ1n) is 4.92. The lowest BCUT2D eigenvalue weighted by Crippen LogP contribution is -1.99. The molecule has 0 radical (unpaired) electrons. The Hall–Kier alpha value is -1.18. The Morgan fingerprint density at radius 1 is 1.59 bits per heavy atom. The van der Waals surface area contributed by atoms with E-state index < -0.39 is 5.97 Å². The van der Waals surface area contributed by atoms with E-state index in [4.69, 9.17) is 10.8 Å². The summed E-state index contributed by atoms with van der Waals surface area (Å²) < 4.78 is 0. The highest BCUT2D eigenvalue weighted by Crippen LogP contribution is 2.31. The van der Waals surface area contributed by atoms with Gasteiger partial charge in [-0.05, 0) is 13.0 Å². The maximum atomic E-state index is 10.6. The van der Waals surface area contributed by atoms with Crippen molar-refractivity contribution >= 4 is 39.3 Å². The zero-order valence-corrected chi connectivity index (χ0v) is 10.8. The highest BCUT2D eigenvalue weighted by atomic mass is 32.2. The van der Waals surface area contributed by atoms with Crippen LogP contribution in [-0.2, 0) is 11.3 Å². The van der Waals surface area contributed by atoms with E-state index in [9.17, 15) is 4.79 Å². The largest absolute Gasteiger partial charge is 0.481 e. The van der Waals surface area contributed by atoms with Gasteiger partial charge >= 0.3 is 5.97 Å². The number of nitrogens with zero attached hydrogens (tertiary/aromatic N) is 2. The average Bonchev–Trinajstić information content (AvgIpc) is 2.68. The van der Waals surface area contributed by atoms with Crippen LogP contribution in [0.3, 0.4) is 0 Å². The van der Waals surface area contributed by atoms with Gasteiger partial charge in [0.05, 0.1) is 5.75 Å². The Bertz CT molecular complexity index is 568. The molecule has 0 atom stereocenters. The molecule has 3 N–H and O–H groups in total. The second-order valence-corrected chi connectivity index (χ2v) is 5.47. The van der Waals surface area contributed by atoms with Gasteiger partial charge in [-0.3, -0.25) is 4.79 Å². The molecule has 2 rings (SSSR count). The fourth-order valence-corrected chi connectivity index (χ4v) is 3.17. The first kappa shape index (κ1) is 12.3. The Balaban J connectivity index is 2.44. The van der Waals surface area contributed by atoms with Crippen molar-refractivity contribution in [2.75, 3.05) is 5.75 Å². The van der Waals surface area contributed by atoms with Crippen LogP contribution >= 0.6 is 23.1 Å². The summed E-state index contributed by atoms with van der Waals surface area (Å²) in [5.74, 6) is -0.205. The Morgan fingerprint density at radius 2 is 2.35 bits per heavy atom. The number of nitrogens with two attached hydrogens (primary N) is 1. The summed E-state index contributed by atoms with van der Waals surface area (Å²) in [4.78, 5) is 21.1. The zero-order chi connectivity index (χ0) is 12.4. The molecule has 0 aliphatic rings. The minimum Gasteiger partial charge on any atom is -0.481 e. The van der Waals surface area contributed by atoms with E-state index in [-0.39, 0.29) is 5.75 Å². The van der Waals surface area contributed by atoms with Crippen molar-refractivity contribution in [1.29, 1.82) is 0 Å². The van der Waals surface area contributed by atoms with Crippen molar-refractivity contribution in [2.24, 2.45) is 5.73 Å². The van der Waals surface area contributed by atoms with Crippen LogP contribution in [-0.4, -0.2) is 26.8 Å². The summed E-state index contributed by atoms with van der Waals surface area (Å²) in [6, 6.07) is 1.93. The number of thioether (sulfide) groups is 1. The smallest absolute Gasteiger partial charge is 0.313 e. The SMILES string of the molecule is Cc1nc(SCC(=O)O)c2cc(CN)sc2n1. The topological polar surface area (TPSA) is 89.1 Å². The van der Waals surface area contributed by atoms with Gasteiger partial charge in [0.2, 0.25) is 0 Å². The maximum Gasteiger partial charge on any atom is 0.313 e. The van der Waals surface area contributed by atoms with Gasteiger partial charge in [0, 0.05) is 16.8 Å².